The second-order valence-electron chi connectivity index (χ2n) is 9.64. The molecular formula is C36H46Br2N2+2. The predicted octanol–water partition coefficient (Wildman–Crippen LogP) is 8.05. The summed E-state index contributed by atoms with van der Waals surface area (Å²) in [6.45, 7) is 6.35. The van der Waals surface area contributed by atoms with E-state index in [1.54, 1.807) is 0 Å². The van der Waals surface area contributed by atoms with Crippen molar-refractivity contribution in [1.82, 2.24) is 0 Å². The van der Waals surface area contributed by atoms with Gasteiger partial charge in [-0.1, -0.05) is 55.5 Å². The molecule has 0 radical (unpaired) electrons. The van der Waals surface area contributed by atoms with Crippen molar-refractivity contribution in [2.24, 2.45) is 0 Å². The first-order valence-electron chi connectivity index (χ1n) is 14.6. The molecule has 40 heavy (non-hydrogen) atoms. The lowest BCUT2D eigenvalue weighted by Crippen LogP contribution is -2.32. The monoisotopic (exact) mass is 664 g/mol. The molecule has 2 heterocycles. The number of hydrogen-bond acceptors (Lipinski definition) is 0. The molecule has 0 saturated heterocycles. The molecule has 0 amide bonds. The molecule has 0 bridgehead atoms. The molecule has 0 saturated carbocycles. The Kier molecular flexibility index (Phi) is 23.7. The zero-order valence-electron chi connectivity index (χ0n) is 24.6. The largest absolute Gasteiger partial charge is 0.205 e. The van der Waals surface area contributed by atoms with Gasteiger partial charge in [0, 0.05) is 73.5 Å². The maximum Gasteiger partial charge on any atom is 0.169 e. The van der Waals surface area contributed by atoms with Gasteiger partial charge in [-0.3, -0.25) is 0 Å². The molecule has 0 atom stereocenters. The van der Waals surface area contributed by atoms with Gasteiger partial charge in [0.2, 0.25) is 0 Å². The Morgan fingerprint density at radius 3 is 1.07 bits per heavy atom. The van der Waals surface area contributed by atoms with Crippen molar-refractivity contribution < 1.29 is 9.13 Å². The van der Waals surface area contributed by atoms with Crippen molar-refractivity contribution >= 4 is 31.9 Å². The lowest BCUT2D eigenvalue weighted by molar-refractivity contribution is -0.697. The van der Waals surface area contributed by atoms with Gasteiger partial charge < -0.3 is 0 Å². The lowest BCUT2D eigenvalue weighted by atomic mass is 10.2. The minimum absolute atomic E-state index is 0.936. The molecule has 0 fully saturated rings. The fourth-order valence-corrected chi connectivity index (χ4v) is 4.21. The van der Waals surface area contributed by atoms with Crippen molar-refractivity contribution in [1.29, 1.82) is 0 Å². The van der Waals surface area contributed by atoms with Crippen LogP contribution >= 0.6 is 31.9 Å². The number of rotatable bonds is 14. The number of unbranched alkanes of at least 4 members (excludes halogenated alkanes) is 8. The third-order valence-corrected chi connectivity index (χ3v) is 7.02. The van der Waals surface area contributed by atoms with E-state index in [0.29, 0.717) is 0 Å². The number of pyridine rings is 2. The summed E-state index contributed by atoms with van der Waals surface area (Å²) in [6.07, 6.45) is 21.7. The fraction of sp³-hybridized carbons (Fsp3) is 0.500. The van der Waals surface area contributed by atoms with E-state index < -0.39 is 0 Å². The molecule has 2 aromatic heterocycles. The molecule has 4 heteroatoms. The summed E-state index contributed by atoms with van der Waals surface area (Å²) in [7, 11) is 0. The van der Waals surface area contributed by atoms with Crippen LogP contribution in [0.15, 0.2) is 49.1 Å². The van der Waals surface area contributed by atoms with Gasteiger partial charge in [-0.25, -0.2) is 9.13 Å². The molecule has 0 aromatic carbocycles. The van der Waals surface area contributed by atoms with Gasteiger partial charge in [0.15, 0.2) is 24.8 Å². The average molecular weight is 667 g/mol. The van der Waals surface area contributed by atoms with Gasteiger partial charge in [0.25, 0.3) is 0 Å². The summed E-state index contributed by atoms with van der Waals surface area (Å²) in [5.41, 5.74) is 2.61. The summed E-state index contributed by atoms with van der Waals surface area (Å²) in [6, 6.07) is 8.59. The number of aromatic nitrogens is 2. The first-order valence-corrected chi connectivity index (χ1v) is 16.8. The molecule has 2 aromatic rings. The van der Waals surface area contributed by atoms with E-state index in [9.17, 15) is 0 Å². The zero-order chi connectivity index (χ0) is 28.9. The van der Waals surface area contributed by atoms with Crippen LogP contribution in [0.3, 0.4) is 0 Å². The molecule has 0 aliphatic carbocycles. The van der Waals surface area contributed by atoms with Gasteiger partial charge in [0.1, 0.15) is 13.1 Å². The highest BCUT2D eigenvalue weighted by atomic mass is 79.9. The number of hydrogen-bond donors (Lipinski definition) is 0. The van der Waals surface area contributed by atoms with Gasteiger partial charge in [-0.05, 0) is 87.2 Å². The molecule has 2 rings (SSSR count). The van der Waals surface area contributed by atoms with E-state index >= 15 is 0 Å². The predicted molar refractivity (Wildman–Crippen MR) is 177 cm³/mol. The molecule has 0 spiro atoms. The third-order valence-electron chi connectivity index (χ3n) is 5.90. The quantitative estimate of drug-likeness (QED) is 0.0835. The minimum Gasteiger partial charge on any atom is -0.205 e. The smallest absolute Gasteiger partial charge is 0.169 e. The van der Waals surface area contributed by atoms with Crippen molar-refractivity contribution in [3.05, 3.63) is 60.2 Å². The van der Waals surface area contributed by atoms with Crippen LogP contribution in [0.1, 0.15) is 88.2 Å². The van der Waals surface area contributed by atoms with Crippen LogP contribution in [0.5, 0.6) is 0 Å². The second kappa shape index (κ2) is 26.7. The normalized spacial score (nSPS) is 9.30. The van der Waals surface area contributed by atoms with E-state index in [2.05, 4.69) is 151 Å². The first-order chi connectivity index (χ1) is 19.7. The Morgan fingerprint density at radius 1 is 0.475 bits per heavy atom. The Balaban J connectivity index is 0.000000486. The van der Waals surface area contributed by atoms with Gasteiger partial charge >= 0.3 is 0 Å². The summed E-state index contributed by atoms with van der Waals surface area (Å²) < 4.78 is 4.46. The summed E-state index contributed by atoms with van der Waals surface area (Å²) in [4.78, 5) is 0. The highest BCUT2D eigenvalue weighted by Crippen LogP contribution is 1.98. The topological polar surface area (TPSA) is 7.76 Å². The lowest BCUT2D eigenvalue weighted by Gasteiger charge is -1.95. The SMILES string of the molecule is BrCCCCC#CC#CCCCCBr.Cc1cc[n+](CCCCC#CC#CCCCC[n+]2ccc(C)cc2)cc1. The maximum atomic E-state index is 3.39. The van der Waals surface area contributed by atoms with E-state index in [-0.39, 0.29) is 0 Å². The number of halogens is 2. The molecule has 0 aliphatic rings. The molecular weight excluding hydrogens is 620 g/mol. The van der Waals surface area contributed by atoms with Crippen LogP contribution in [0.25, 0.3) is 0 Å². The van der Waals surface area contributed by atoms with Crippen LogP contribution in [0.4, 0.5) is 0 Å². The van der Waals surface area contributed by atoms with E-state index in [1.165, 1.54) is 36.8 Å². The van der Waals surface area contributed by atoms with Gasteiger partial charge in [-0.2, -0.15) is 0 Å². The maximum absolute atomic E-state index is 3.39. The standard InChI is InChI=1S/C24H30N2.C12H16Br2/c1-23-13-19-25(20-14-23)17-11-9-7-5-3-4-6-8-10-12-18-26-21-15-24(2)16-22-26;13-11-9-7-5-3-1-2-4-6-8-10-12-14/h13-16,19-22H,7-12,17-18H2,1-2H3;5-12H2/q+2;. The van der Waals surface area contributed by atoms with Crippen LogP contribution in [-0.2, 0) is 13.1 Å². The molecule has 0 N–H and O–H groups in total. The van der Waals surface area contributed by atoms with Crippen molar-refractivity contribution in [2.75, 3.05) is 10.7 Å². The molecule has 2 nitrogen and oxygen atoms in total. The van der Waals surface area contributed by atoms with E-state index in [1.807, 2.05) is 0 Å². The third kappa shape index (κ3) is 22.3. The Labute approximate surface area is 262 Å². The molecule has 0 unspecified atom stereocenters. The number of alkyl halides is 2. The Bertz CT molecular complexity index is 1060. The molecule has 212 valence electrons. The van der Waals surface area contributed by atoms with Crippen molar-refractivity contribution in [3.63, 3.8) is 0 Å². The van der Waals surface area contributed by atoms with Crippen LogP contribution in [0.2, 0.25) is 0 Å². The fourth-order valence-electron chi connectivity index (χ4n) is 3.42. The highest BCUT2D eigenvalue weighted by Gasteiger charge is 1.99. The second-order valence-corrected chi connectivity index (χ2v) is 11.2. The number of nitrogens with zero attached hydrogens (tertiary/aromatic N) is 2. The van der Waals surface area contributed by atoms with Crippen LogP contribution in [0, 0.1) is 61.2 Å². The Hall–Kier alpha value is -2.50. The molecule has 0 aliphatic heterocycles. The minimum atomic E-state index is 0.936. The first kappa shape index (κ1) is 35.5. The van der Waals surface area contributed by atoms with E-state index in [0.717, 1.165) is 75.1 Å². The summed E-state index contributed by atoms with van der Waals surface area (Å²) in [5.74, 6) is 24.2. The van der Waals surface area contributed by atoms with Gasteiger partial charge in [-0.15, -0.1) is 0 Å². The summed E-state index contributed by atoms with van der Waals surface area (Å²) >= 11 is 6.77. The van der Waals surface area contributed by atoms with Gasteiger partial charge in [0.05, 0.1) is 0 Å². The van der Waals surface area contributed by atoms with Crippen molar-refractivity contribution in [2.45, 2.75) is 104 Å². The summed E-state index contributed by atoms with van der Waals surface area (Å²) in [5, 5.41) is 2.15. The zero-order valence-corrected chi connectivity index (χ0v) is 27.8. The van der Waals surface area contributed by atoms with Crippen molar-refractivity contribution in [3.8, 4) is 47.4 Å². The average Bonchev–Trinajstić information content (AvgIpc) is 2.97. The number of aryl methyl sites for hydroxylation is 4. The van der Waals surface area contributed by atoms with Crippen LogP contribution < -0.4 is 9.13 Å². The highest BCUT2D eigenvalue weighted by molar-refractivity contribution is 9.09. The Morgan fingerprint density at radius 2 is 0.775 bits per heavy atom. The van der Waals surface area contributed by atoms with E-state index in [4.69, 9.17) is 0 Å². The van der Waals surface area contributed by atoms with Crippen LogP contribution in [-0.4, -0.2) is 10.7 Å².